The molecular formula is C14H21NO4S. The van der Waals surface area contributed by atoms with Gasteiger partial charge in [0.2, 0.25) is 10.0 Å². The second kappa shape index (κ2) is 6.67. The number of ether oxygens (including phenoxy) is 1. The highest BCUT2D eigenvalue weighted by atomic mass is 32.2. The van der Waals surface area contributed by atoms with Gasteiger partial charge in [-0.3, -0.25) is 0 Å². The summed E-state index contributed by atoms with van der Waals surface area (Å²) >= 11 is 0. The maximum Gasteiger partial charge on any atom is 0.243 e. The van der Waals surface area contributed by atoms with Crippen LogP contribution in [0.25, 0.3) is 0 Å². The van der Waals surface area contributed by atoms with Crippen LogP contribution in [0.3, 0.4) is 0 Å². The molecule has 1 fully saturated rings. The van der Waals surface area contributed by atoms with Gasteiger partial charge in [0, 0.05) is 19.7 Å². The van der Waals surface area contributed by atoms with E-state index in [1.165, 1.54) is 10.4 Å². The summed E-state index contributed by atoms with van der Waals surface area (Å²) in [5.41, 5.74) is 0.601. The number of piperidine rings is 1. The molecule has 0 aliphatic carbocycles. The lowest BCUT2D eigenvalue weighted by molar-refractivity contribution is 0.0265. The third-order valence-corrected chi connectivity index (χ3v) is 5.32. The highest BCUT2D eigenvalue weighted by Gasteiger charge is 2.30. The Kier molecular flexibility index (Phi) is 5.15. The summed E-state index contributed by atoms with van der Waals surface area (Å²) in [4.78, 5) is 0.237. The van der Waals surface area contributed by atoms with Gasteiger partial charge < -0.3 is 9.84 Å². The summed E-state index contributed by atoms with van der Waals surface area (Å²) < 4.78 is 32.2. The molecule has 1 aromatic rings. The van der Waals surface area contributed by atoms with Crippen molar-refractivity contribution in [2.45, 2.75) is 37.4 Å². The molecule has 0 radical (unpaired) electrons. The molecule has 1 aromatic carbocycles. The van der Waals surface area contributed by atoms with Gasteiger partial charge in [-0.1, -0.05) is 12.1 Å². The van der Waals surface area contributed by atoms with E-state index in [0.717, 1.165) is 12.8 Å². The van der Waals surface area contributed by atoms with E-state index in [-0.39, 0.29) is 17.6 Å². The molecule has 0 amide bonds. The first kappa shape index (κ1) is 15.4. The number of aliphatic hydroxyl groups excluding tert-OH is 1. The molecule has 1 N–H and O–H groups in total. The van der Waals surface area contributed by atoms with Gasteiger partial charge in [0.15, 0.2) is 0 Å². The van der Waals surface area contributed by atoms with Gasteiger partial charge in [-0.15, -0.1) is 0 Å². The molecular weight excluding hydrogens is 278 g/mol. The van der Waals surface area contributed by atoms with Gasteiger partial charge in [-0.05, 0) is 37.5 Å². The van der Waals surface area contributed by atoms with Crippen LogP contribution in [-0.2, 0) is 21.4 Å². The molecule has 1 unspecified atom stereocenters. The predicted molar refractivity (Wildman–Crippen MR) is 75.8 cm³/mol. The van der Waals surface area contributed by atoms with E-state index < -0.39 is 10.0 Å². The first-order valence-electron chi connectivity index (χ1n) is 6.89. The van der Waals surface area contributed by atoms with Crippen LogP contribution in [0.15, 0.2) is 29.2 Å². The predicted octanol–water partition coefficient (Wildman–Crippen LogP) is 1.37. The van der Waals surface area contributed by atoms with Gasteiger partial charge >= 0.3 is 0 Å². The van der Waals surface area contributed by atoms with Gasteiger partial charge in [0.05, 0.1) is 17.6 Å². The van der Waals surface area contributed by atoms with E-state index in [9.17, 15) is 8.42 Å². The zero-order valence-electron chi connectivity index (χ0n) is 11.7. The van der Waals surface area contributed by atoms with E-state index in [0.29, 0.717) is 25.3 Å². The SMILES string of the molecule is CCOC1CCCN(S(=O)(=O)c2cccc(CO)c2)C1. The quantitative estimate of drug-likeness (QED) is 0.891. The van der Waals surface area contributed by atoms with Gasteiger partial charge in [0.1, 0.15) is 0 Å². The molecule has 112 valence electrons. The van der Waals surface area contributed by atoms with Crippen molar-refractivity contribution in [3.05, 3.63) is 29.8 Å². The number of hydrogen-bond acceptors (Lipinski definition) is 4. The maximum absolute atomic E-state index is 12.6. The van der Waals surface area contributed by atoms with Crippen LogP contribution in [0.5, 0.6) is 0 Å². The molecule has 0 saturated carbocycles. The van der Waals surface area contributed by atoms with Crippen LogP contribution < -0.4 is 0 Å². The first-order valence-corrected chi connectivity index (χ1v) is 8.33. The Morgan fingerprint density at radius 3 is 2.95 bits per heavy atom. The molecule has 1 saturated heterocycles. The minimum Gasteiger partial charge on any atom is -0.392 e. The molecule has 1 atom stereocenters. The molecule has 0 spiro atoms. The summed E-state index contributed by atoms with van der Waals surface area (Å²) in [5, 5.41) is 9.12. The average molecular weight is 299 g/mol. The van der Waals surface area contributed by atoms with E-state index in [1.54, 1.807) is 18.2 Å². The van der Waals surface area contributed by atoms with Crippen molar-refractivity contribution in [2.75, 3.05) is 19.7 Å². The third kappa shape index (κ3) is 3.38. The zero-order valence-corrected chi connectivity index (χ0v) is 12.5. The number of aliphatic hydroxyl groups is 1. The Bertz CT molecular complexity index is 542. The monoisotopic (exact) mass is 299 g/mol. The van der Waals surface area contributed by atoms with E-state index in [1.807, 2.05) is 6.92 Å². The normalized spacial score (nSPS) is 21.0. The maximum atomic E-state index is 12.6. The smallest absolute Gasteiger partial charge is 0.243 e. The Labute approximate surface area is 120 Å². The summed E-state index contributed by atoms with van der Waals surface area (Å²) in [5.74, 6) is 0. The minimum atomic E-state index is -3.50. The fraction of sp³-hybridized carbons (Fsp3) is 0.571. The fourth-order valence-corrected chi connectivity index (χ4v) is 4.03. The van der Waals surface area contributed by atoms with Crippen LogP contribution >= 0.6 is 0 Å². The lowest BCUT2D eigenvalue weighted by Crippen LogP contribution is -2.43. The Hall–Kier alpha value is -0.950. The van der Waals surface area contributed by atoms with Crippen molar-refractivity contribution in [3.63, 3.8) is 0 Å². The summed E-state index contributed by atoms with van der Waals surface area (Å²) in [6, 6.07) is 6.46. The number of hydrogen-bond donors (Lipinski definition) is 1. The number of sulfonamides is 1. The second-order valence-electron chi connectivity index (χ2n) is 4.89. The van der Waals surface area contributed by atoms with Crippen LogP contribution in [0.1, 0.15) is 25.3 Å². The van der Waals surface area contributed by atoms with Crippen LogP contribution in [0.4, 0.5) is 0 Å². The van der Waals surface area contributed by atoms with Crippen molar-refractivity contribution in [1.29, 1.82) is 0 Å². The third-order valence-electron chi connectivity index (χ3n) is 3.46. The molecule has 1 aliphatic rings. The van der Waals surface area contributed by atoms with E-state index >= 15 is 0 Å². The largest absolute Gasteiger partial charge is 0.392 e. The Morgan fingerprint density at radius 2 is 2.25 bits per heavy atom. The summed E-state index contributed by atoms with van der Waals surface area (Å²) in [7, 11) is -3.50. The summed E-state index contributed by atoms with van der Waals surface area (Å²) in [6.07, 6.45) is 1.68. The molecule has 1 aliphatic heterocycles. The van der Waals surface area contributed by atoms with Crippen molar-refractivity contribution >= 4 is 10.0 Å². The zero-order chi connectivity index (χ0) is 14.6. The second-order valence-corrected chi connectivity index (χ2v) is 6.83. The molecule has 0 bridgehead atoms. The molecule has 6 heteroatoms. The van der Waals surface area contributed by atoms with Crippen molar-refractivity contribution in [3.8, 4) is 0 Å². The summed E-state index contributed by atoms with van der Waals surface area (Å²) in [6.45, 7) is 3.27. The Morgan fingerprint density at radius 1 is 1.45 bits per heavy atom. The molecule has 5 nitrogen and oxygen atoms in total. The topological polar surface area (TPSA) is 66.8 Å². The standard InChI is InChI=1S/C14H21NO4S/c1-2-19-13-6-4-8-15(10-13)20(17,18)14-7-3-5-12(9-14)11-16/h3,5,7,9,13,16H,2,4,6,8,10-11H2,1H3. The van der Waals surface area contributed by atoms with Gasteiger partial charge in [0.25, 0.3) is 0 Å². The molecule has 20 heavy (non-hydrogen) atoms. The van der Waals surface area contributed by atoms with Gasteiger partial charge in [-0.2, -0.15) is 4.31 Å². The highest BCUT2D eigenvalue weighted by molar-refractivity contribution is 7.89. The van der Waals surface area contributed by atoms with Crippen molar-refractivity contribution in [1.82, 2.24) is 4.31 Å². The number of benzene rings is 1. The Balaban J connectivity index is 2.20. The molecule has 0 aromatic heterocycles. The minimum absolute atomic E-state index is 0.0236. The molecule has 2 rings (SSSR count). The van der Waals surface area contributed by atoms with Crippen LogP contribution in [0.2, 0.25) is 0 Å². The van der Waals surface area contributed by atoms with Crippen LogP contribution in [-0.4, -0.2) is 43.6 Å². The number of rotatable bonds is 5. The highest BCUT2D eigenvalue weighted by Crippen LogP contribution is 2.22. The lowest BCUT2D eigenvalue weighted by Gasteiger charge is -2.31. The van der Waals surface area contributed by atoms with E-state index in [4.69, 9.17) is 9.84 Å². The average Bonchev–Trinajstić information content (AvgIpc) is 2.48. The van der Waals surface area contributed by atoms with E-state index in [2.05, 4.69) is 0 Å². The fourth-order valence-electron chi connectivity index (χ4n) is 2.45. The molecule has 1 heterocycles. The van der Waals surface area contributed by atoms with Crippen molar-refractivity contribution in [2.24, 2.45) is 0 Å². The van der Waals surface area contributed by atoms with Crippen molar-refractivity contribution < 1.29 is 18.3 Å². The number of nitrogens with zero attached hydrogens (tertiary/aromatic N) is 1. The van der Waals surface area contributed by atoms with Gasteiger partial charge in [-0.25, -0.2) is 8.42 Å². The first-order chi connectivity index (χ1) is 9.57. The van der Waals surface area contributed by atoms with Crippen LogP contribution in [0, 0.1) is 0 Å². The lowest BCUT2D eigenvalue weighted by atomic mass is 10.1.